The molecule has 6 heteroatoms. The van der Waals surface area contributed by atoms with Gasteiger partial charge in [0.1, 0.15) is 5.02 Å². The number of rotatable bonds is 4. The molecule has 0 amide bonds. The molecule has 0 atom stereocenters. The summed E-state index contributed by atoms with van der Waals surface area (Å²) in [7, 11) is 0. The van der Waals surface area contributed by atoms with Crippen molar-refractivity contribution in [3.8, 4) is 0 Å². The Labute approximate surface area is 204 Å². The molecule has 0 aliphatic rings. The maximum Gasteiger partial charge on any atom is 0.245 e. The van der Waals surface area contributed by atoms with Gasteiger partial charge in [-0.15, -0.1) is 0 Å². The van der Waals surface area contributed by atoms with E-state index in [2.05, 4.69) is 10.6 Å². The van der Waals surface area contributed by atoms with Crippen molar-refractivity contribution < 1.29 is 0 Å². The average molecular weight is 483 g/mol. The fraction of sp³-hybridized carbons (Fsp3) is 0. The van der Waals surface area contributed by atoms with Crippen LogP contribution in [0.1, 0.15) is 0 Å². The minimum atomic E-state index is -0.739. The second kappa shape index (κ2) is 7.87. The molecule has 0 bridgehead atoms. The van der Waals surface area contributed by atoms with Crippen molar-refractivity contribution >= 4 is 78.3 Å². The Morgan fingerprint density at radius 1 is 0.500 bits per heavy atom. The van der Waals surface area contributed by atoms with Gasteiger partial charge >= 0.3 is 0 Å². The summed E-state index contributed by atoms with van der Waals surface area (Å²) < 4.78 is 0. The number of anilines is 4. The lowest BCUT2D eigenvalue weighted by atomic mass is 9.92. The molecule has 0 spiro atoms. The summed E-state index contributed by atoms with van der Waals surface area (Å²) in [6, 6.07) is 27.1. The fourth-order valence-electron chi connectivity index (χ4n) is 4.52. The molecule has 0 heterocycles. The summed E-state index contributed by atoms with van der Waals surface area (Å²) in [5.41, 5.74) is 2.05. The third-order valence-electron chi connectivity index (χ3n) is 6.09. The van der Waals surface area contributed by atoms with E-state index >= 15 is 0 Å². The van der Waals surface area contributed by atoms with E-state index in [4.69, 9.17) is 23.2 Å². The van der Waals surface area contributed by atoms with Crippen molar-refractivity contribution in [2.24, 2.45) is 0 Å². The highest BCUT2D eigenvalue weighted by Crippen LogP contribution is 2.45. The average Bonchev–Trinajstić information content (AvgIpc) is 2.86. The van der Waals surface area contributed by atoms with Crippen LogP contribution in [0.5, 0.6) is 0 Å². The van der Waals surface area contributed by atoms with Crippen LogP contribution >= 0.6 is 23.2 Å². The lowest BCUT2D eigenvalue weighted by Gasteiger charge is -2.18. The third-order valence-corrected chi connectivity index (χ3v) is 6.83. The van der Waals surface area contributed by atoms with Gasteiger partial charge in [-0.1, -0.05) is 65.7 Å². The number of hydrogen-bond acceptors (Lipinski definition) is 4. The van der Waals surface area contributed by atoms with E-state index in [1.54, 1.807) is 6.07 Å². The second-order valence-corrected chi connectivity index (χ2v) is 8.88. The minimum Gasteiger partial charge on any atom is -0.356 e. The lowest BCUT2D eigenvalue weighted by Crippen LogP contribution is -2.24. The van der Waals surface area contributed by atoms with E-state index in [0.717, 1.165) is 33.2 Å². The Morgan fingerprint density at radius 2 is 1.18 bits per heavy atom. The monoisotopic (exact) mass is 482 g/mol. The number of nitrogens with one attached hydrogen (secondary N) is 2. The molecular formula is C28H16Cl2N2O2. The Bertz CT molecular complexity index is 1800. The summed E-state index contributed by atoms with van der Waals surface area (Å²) in [4.78, 5) is 25.2. The topological polar surface area (TPSA) is 58.2 Å². The Morgan fingerprint density at radius 3 is 1.91 bits per heavy atom. The van der Waals surface area contributed by atoms with Crippen molar-refractivity contribution in [2.75, 3.05) is 10.6 Å². The normalized spacial score (nSPS) is 11.5. The van der Waals surface area contributed by atoms with Gasteiger partial charge < -0.3 is 10.6 Å². The number of hydrogen-bond donors (Lipinski definition) is 2. The Balaban J connectivity index is 1.52. The van der Waals surface area contributed by atoms with Gasteiger partial charge in [-0.25, -0.2) is 0 Å². The van der Waals surface area contributed by atoms with Crippen LogP contribution in [-0.4, -0.2) is 0 Å². The van der Waals surface area contributed by atoms with Gasteiger partial charge in [-0.3, -0.25) is 9.59 Å². The van der Waals surface area contributed by atoms with Crippen molar-refractivity contribution in [1.82, 2.24) is 0 Å². The number of benzene rings is 6. The van der Waals surface area contributed by atoms with Crippen molar-refractivity contribution in [3.63, 3.8) is 0 Å². The van der Waals surface area contributed by atoms with Crippen LogP contribution in [0.25, 0.3) is 32.3 Å². The smallest absolute Gasteiger partial charge is 0.245 e. The molecule has 0 aliphatic heterocycles. The van der Waals surface area contributed by atoms with Crippen molar-refractivity contribution in [1.29, 1.82) is 0 Å². The second-order valence-electron chi connectivity index (χ2n) is 8.12. The molecule has 0 saturated heterocycles. The highest BCUT2D eigenvalue weighted by molar-refractivity contribution is 6.48. The summed E-state index contributed by atoms with van der Waals surface area (Å²) in [6.07, 6.45) is 0. The fourth-order valence-corrected chi connectivity index (χ4v) is 5.18. The van der Waals surface area contributed by atoms with E-state index in [0.29, 0.717) is 26.9 Å². The lowest BCUT2D eigenvalue weighted by molar-refractivity contribution is 1.52. The Kier molecular flexibility index (Phi) is 4.80. The zero-order valence-electron chi connectivity index (χ0n) is 17.7. The molecule has 2 N–H and O–H groups in total. The van der Waals surface area contributed by atoms with E-state index in [-0.39, 0.29) is 5.02 Å². The van der Waals surface area contributed by atoms with Gasteiger partial charge in [0.2, 0.25) is 10.9 Å². The first-order valence-corrected chi connectivity index (χ1v) is 11.4. The van der Waals surface area contributed by atoms with Gasteiger partial charge in [0.15, 0.2) is 0 Å². The van der Waals surface area contributed by atoms with Crippen LogP contribution in [0.15, 0.2) is 94.5 Å². The van der Waals surface area contributed by atoms with Gasteiger partial charge in [0.05, 0.1) is 10.7 Å². The van der Waals surface area contributed by atoms with E-state index in [1.165, 1.54) is 0 Å². The minimum absolute atomic E-state index is 0.147. The summed E-state index contributed by atoms with van der Waals surface area (Å²) in [5.74, 6) is 0. The molecule has 0 aliphatic carbocycles. The predicted octanol–water partition coefficient (Wildman–Crippen LogP) is 7.54. The predicted molar refractivity (Wildman–Crippen MR) is 143 cm³/mol. The maximum atomic E-state index is 12.6. The van der Waals surface area contributed by atoms with Gasteiger partial charge in [0, 0.05) is 38.6 Å². The summed E-state index contributed by atoms with van der Waals surface area (Å²) in [6.45, 7) is 0. The third kappa shape index (κ3) is 3.15. The van der Waals surface area contributed by atoms with Gasteiger partial charge in [0.25, 0.3) is 0 Å². The first-order valence-electron chi connectivity index (χ1n) is 10.7. The van der Waals surface area contributed by atoms with E-state index in [1.807, 2.05) is 78.9 Å². The summed E-state index contributed by atoms with van der Waals surface area (Å²) in [5, 5.41) is 10.9. The zero-order chi connectivity index (χ0) is 23.4. The van der Waals surface area contributed by atoms with Crippen molar-refractivity contribution in [2.45, 2.75) is 0 Å². The molecular weight excluding hydrogens is 467 g/mol. The van der Waals surface area contributed by atoms with Crippen LogP contribution in [0.2, 0.25) is 10.0 Å². The molecule has 0 aromatic heterocycles. The van der Waals surface area contributed by atoms with Crippen LogP contribution in [0.3, 0.4) is 0 Å². The maximum absolute atomic E-state index is 12.6. The van der Waals surface area contributed by atoms with Crippen LogP contribution < -0.4 is 21.5 Å². The highest BCUT2D eigenvalue weighted by atomic mass is 35.5. The highest BCUT2D eigenvalue weighted by Gasteiger charge is 2.22. The van der Waals surface area contributed by atoms with E-state index in [9.17, 15) is 9.59 Å². The summed E-state index contributed by atoms with van der Waals surface area (Å²) >= 11 is 13.3. The molecule has 6 rings (SSSR count). The molecule has 4 nitrogen and oxygen atoms in total. The molecule has 0 radical (unpaired) electrons. The largest absolute Gasteiger partial charge is 0.356 e. The quantitative estimate of drug-likeness (QED) is 0.201. The number of halogens is 2. The van der Waals surface area contributed by atoms with Gasteiger partial charge in [-0.05, 0) is 53.2 Å². The van der Waals surface area contributed by atoms with E-state index < -0.39 is 10.9 Å². The van der Waals surface area contributed by atoms with Crippen LogP contribution in [0.4, 0.5) is 22.7 Å². The van der Waals surface area contributed by atoms with Crippen LogP contribution in [-0.2, 0) is 0 Å². The van der Waals surface area contributed by atoms with Crippen molar-refractivity contribution in [3.05, 3.63) is 115 Å². The molecule has 0 unspecified atom stereocenters. The molecule has 0 fully saturated rings. The first kappa shape index (κ1) is 20.7. The van der Waals surface area contributed by atoms with Gasteiger partial charge in [-0.2, -0.15) is 0 Å². The Hall–Kier alpha value is -3.86. The molecule has 0 saturated carbocycles. The standard InChI is InChI=1S/C28H16Cl2N2O2/c29-24-23-22-20(27(33)28(34)25(23)30)14-9-15-5-4-8-19(21(15)22)26(24)32-18-12-10-17(11-13-18)31-16-6-2-1-3-7-16/h1-14,31-32H. The number of para-hydroxylation sites is 1. The molecule has 6 aromatic carbocycles. The zero-order valence-corrected chi connectivity index (χ0v) is 19.2. The van der Waals surface area contributed by atoms with Crippen LogP contribution in [0, 0.1) is 0 Å². The molecule has 6 aromatic rings. The SMILES string of the molecule is O=c1c(Cl)c2c(Cl)c(Nc3ccc(Nc4ccccc4)cc3)c3cccc4ccc(c1=O)c2c43. The first-order chi connectivity index (χ1) is 16.5. The molecule has 164 valence electrons. The molecule has 34 heavy (non-hydrogen) atoms.